The zero-order chi connectivity index (χ0) is 37.3. The molecule has 0 spiro atoms. The van der Waals surface area contributed by atoms with Crippen molar-refractivity contribution in [1.29, 1.82) is 0 Å². The van der Waals surface area contributed by atoms with E-state index in [0.717, 1.165) is 54.2 Å². The number of rotatable bonds is 12. The molecule has 2 atom stereocenters. The van der Waals surface area contributed by atoms with Crippen LogP contribution in [0.4, 0.5) is 29.1 Å². The van der Waals surface area contributed by atoms with E-state index in [-0.39, 0.29) is 29.0 Å². The molecule has 0 radical (unpaired) electrons. The number of carbonyl (C=O) groups is 2. The van der Waals surface area contributed by atoms with Crippen molar-refractivity contribution in [1.82, 2.24) is 29.9 Å². The average molecular weight is 738 g/mol. The van der Waals surface area contributed by atoms with Crippen molar-refractivity contribution in [2.75, 3.05) is 64.7 Å². The Bertz CT molecular complexity index is 1980. The highest BCUT2D eigenvalue weighted by Crippen LogP contribution is 2.33. The van der Waals surface area contributed by atoms with Gasteiger partial charge in [-0.1, -0.05) is 6.92 Å². The fraction of sp³-hybridized carbons (Fsp3) is 0.474. The number of fused-ring (bicyclic) bond motifs is 1. The van der Waals surface area contributed by atoms with Gasteiger partial charge >= 0.3 is 6.61 Å². The summed E-state index contributed by atoms with van der Waals surface area (Å²) in [5.41, 5.74) is 2.35. The summed E-state index contributed by atoms with van der Waals surface area (Å²) in [4.78, 5) is 37.4. The second kappa shape index (κ2) is 15.3. The fourth-order valence-corrected chi connectivity index (χ4v) is 8.07. The summed E-state index contributed by atoms with van der Waals surface area (Å²) in [5, 5.41) is 9.80. The number of quaternary nitrogens is 1. The largest absolute Gasteiger partial charge is 0.432 e. The van der Waals surface area contributed by atoms with Gasteiger partial charge in [-0.2, -0.15) is 13.2 Å². The zero-order valence-electron chi connectivity index (χ0n) is 29.9. The maximum Gasteiger partial charge on any atom is 0.387 e. The van der Waals surface area contributed by atoms with Gasteiger partial charge in [0.1, 0.15) is 0 Å². The van der Waals surface area contributed by atoms with Gasteiger partial charge in [0.25, 0.3) is 5.91 Å². The van der Waals surface area contributed by atoms with Gasteiger partial charge in [0, 0.05) is 86.1 Å². The van der Waals surface area contributed by atoms with E-state index in [4.69, 9.17) is 0 Å². The lowest BCUT2D eigenvalue weighted by Gasteiger charge is -2.37. The molecule has 5 heterocycles. The van der Waals surface area contributed by atoms with E-state index < -0.39 is 24.0 Å². The minimum Gasteiger partial charge on any atom is -0.432 e. The summed E-state index contributed by atoms with van der Waals surface area (Å²) >= 11 is 0. The van der Waals surface area contributed by atoms with E-state index in [1.807, 2.05) is 17.9 Å². The van der Waals surface area contributed by atoms with Crippen LogP contribution >= 0.6 is 0 Å². The number of likely N-dealkylation sites (tertiary alicyclic amines) is 2. The highest BCUT2D eigenvalue weighted by Gasteiger charge is 2.38. The molecule has 0 aliphatic carbocycles. The van der Waals surface area contributed by atoms with Gasteiger partial charge in [0.2, 0.25) is 11.7 Å². The number of alkyl halides is 2. The van der Waals surface area contributed by atoms with E-state index in [1.54, 1.807) is 12.1 Å². The van der Waals surface area contributed by atoms with E-state index in [2.05, 4.69) is 37.7 Å². The Hall–Kier alpha value is -4.76. The number of imidazole rings is 1. The first-order valence-corrected chi connectivity index (χ1v) is 18.3. The van der Waals surface area contributed by atoms with E-state index >= 15 is 0 Å². The number of aromatic nitrogens is 3. The van der Waals surface area contributed by atoms with Gasteiger partial charge in [-0.3, -0.25) is 14.0 Å². The zero-order valence-corrected chi connectivity index (χ0v) is 29.9. The molecule has 2 amide bonds. The van der Waals surface area contributed by atoms with Crippen LogP contribution in [0.2, 0.25) is 0 Å². The Morgan fingerprint density at radius 1 is 1.06 bits per heavy atom. The van der Waals surface area contributed by atoms with Crippen LogP contribution in [0.1, 0.15) is 42.1 Å². The van der Waals surface area contributed by atoms with Crippen LogP contribution < -0.4 is 20.7 Å². The van der Waals surface area contributed by atoms with Crippen molar-refractivity contribution in [2.45, 2.75) is 39.2 Å². The SMILES string of the molecule is CCc1cc(Nc2nccn3c(-c4ccc(OC(F)F)c(F)c4F)cnc23)ccc1C(=O)N1CCC(C(=O)NCC2CC[N+](C)(CC3CNC3)C2)CC1. The number of hydrogen-bond acceptors (Lipinski definition) is 7. The first-order valence-electron chi connectivity index (χ1n) is 18.3. The number of benzene rings is 2. The monoisotopic (exact) mass is 737 g/mol. The van der Waals surface area contributed by atoms with Gasteiger partial charge in [-0.05, 0) is 55.2 Å². The molecular formula is C38H45F4N8O3+. The first kappa shape index (κ1) is 36.6. The predicted molar refractivity (Wildman–Crippen MR) is 191 cm³/mol. The molecule has 282 valence electrons. The molecule has 0 bridgehead atoms. The van der Waals surface area contributed by atoms with Crippen molar-refractivity contribution in [3.8, 4) is 17.0 Å². The molecule has 2 aromatic heterocycles. The number of carbonyl (C=O) groups excluding carboxylic acids is 2. The molecule has 15 heteroatoms. The van der Waals surface area contributed by atoms with Crippen molar-refractivity contribution in [3.63, 3.8) is 0 Å². The molecular weight excluding hydrogens is 692 g/mol. The molecule has 2 aromatic carbocycles. The highest BCUT2D eigenvalue weighted by molar-refractivity contribution is 5.96. The van der Waals surface area contributed by atoms with Crippen molar-refractivity contribution < 1.29 is 36.4 Å². The lowest BCUT2D eigenvalue weighted by atomic mass is 9.94. The number of aryl methyl sites for hydroxylation is 1. The van der Waals surface area contributed by atoms with Gasteiger partial charge in [-0.25, -0.2) is 14.4 Å². The maximum absolute atomic E-state index is 14.9. The van der Waals surface area contributed by atoms with Crippen LogP contribution in [-0.4, -0.2) is 102 Å². The second-order valence-electron chi connectivity index (χ2n) is 14.8. The minimum atomic E-state index is -3.30. The average Bonchev–Trinajstić information content (AvgIpc) is 3.74. The normalized spacial score (nSPS) is 20.9. The van der Waals surface area contributed by atoms with Crippen molar-refractivity contribution in [2.24, 2.45) is 17.8 Å². The molecule has 3 N–H and O–H groups in total. The van der Waals surface area contributed by atoms with Crippen LogP contribution in [0.15, 0.2) is 48.9 Å². The highest BCUT2D eigenvalue weighted by atomic mass is 19.3. The Morgan fingerprint density at radius 2 is 1.85 bits per heavy atom. The molecule has 53 heavy (non-hydrogen) atoms. The fourth-order valence-electron chi connectivity index (χ4n) is 8.07. The van der Waals surface area contributed by atoms with E-state index in [1.165, 1.54) is 36.1 Å². The number of hydrogen-bond donors (Lipinski definition) is 3. The lowest BCUT2D eigenvalue weighted by Crippen LogP contribution is -2.54. The number of anilines is 2. The number of amides is 2. The third-order valence-electron chi connectivity index (χ3n) is 11.0. The summed E-state index contributed by atoms with van der Waals surface area (Å²) in [6.45, 7) is 6.12. The third-order valence-corrected chi connectivity index (χ3v) is 11.0. The van der Waals surface area contributed by atoms with Crippen LogP contribution in [0.25, 0.3) is 16.9 Å². The number of nitrogens with zero attached hydrogens (tertiary/aromatic N) is 5. The number of nitrogens with one attached hydrogen (secondary N) is 3. The molecule has 2 unspecified atom stereocenters. The van der Waals surface area contributed by atoms with Gasteiger partial charge in [-0.15, -0.1) is 0 Å². The second-order valence-corrected chi connectivity index (χ2v) is 14.8. The molecule has 3 saturated heterocycles. The third kappa shape index (κ3) is 7.81. The van der Waals surface area contributed by atoms with Crippen molar-refractivity contribution in [3.05, 3.63) is 71.7 Å². The predicted octanol–water partition coefficient (Wildman–Crippen LogP) is 5.24. The van der Waals surface area contributed by atoms with Crippen LogP contribution in [0.3, 0.4) is 0 Å². The molecule has 3 aliphatic heterocycles. The smallest absolute Gasteiger partial charge is 0.387 e. The summed E-state index contributed by atoms with van der Waals surface area (Å²) in [6, 6.07) is 7.50. The summed E-state index contributed by atoms with van der Waals surface area (Å²) in [5.74, 6) is -2.27. The molecule has 7 rings (SSSR count). The van der Waals surface area contributed by atoms with Crippen molar-refractivity contribution >= 4 is 29.0 Å². The minimum absolute atomic E-state index is 0.0747. The number of halogens is 4. The maximum atomic E-state index is 14.9. The van der Waals surface area contributed by atoms with E-state index in [9.17, 15) is 27.2 Å². The molecule has 4 aromatic rings. The Labute approximate surface area is 305 Å². The van der Waals surface area contributed by atoms with Crippen LogP contribution in [0, 0.1) is 29.4 Å². The Balaban J connectivity index is 0.959. The summed E-state index contributed by atoms with van der Waals surface area (Å²) < 4.78 is 61.3. The molecule has 0 saturated carbocycles. The topological polar surface area (TPSA) is 113 Å². The number of ether oxygens (including phenoxy) is 1. The summed E-state index contributed by atoms with van der Waals surface area (Å²) in [6.07, 6.45) is 7.29. The number of piperidine rings is 1. The van der Waals surface area contributed by atoms with Crippen LogP contribution in [0.5, 0.6) is 5.75 Å². The lowest BCUT2D eigenvalue weighted by molar-refractivity contribution is -0.902. The van der Waals surface area contributed by atoms with Gasteiger partial charge in [0.15, 0.2) is 23.0 Å². The Kier molecular flexibility index (Phi) is 10.6. The standard InChI is InChI=1S/C38H44F4N8O3/c1-3-25-16-27(47-34-35-45-20-30(49(35)14-11-44-34)29-6-7-31(53-38(41)42)33(40)32(29)39)4-5-28(25)37(52)48-12-8-26(9-13-48)36(51)46-19-23-10-15-50(2,21-23)22-24-17-43-18-24/h4-7,11,14,16,20,23-24,26,38,43H,3,8-10,12-13,15,17-19,21-22H2,1-2H3,(H-,44,46,47,51,52)/p+1. The molecule has 3 fully saturated rings. The molecule has 3 aliphatic rings. The first-order chi connectivity index (χ1) is 25.5. The van der Waals surface area contributed by atoms with Crippen LogP contribution in [-0.2, 0) is 11.2 Å². The Morgan fingerprint density at radius 3 is 2.57 bits per heavy atom. The molecule has 11 nitrogen and oxygen atoms in total. The quantitative estimate of drug-likeness (QED) is 0.135. The van der Waals surface area contributed by atoms with Gasteiger partial charge in [0.05, 0.1) is 38.6 Å². The van der Waals surface area contributed by atoms with E-state index in [0.29, 0.717) is 67.5 Å². The van der Waals surface area contributed by atoms with Gasteiger partial charge < -0.3 is 30.1 Å². The summed E-state index contributed by atoms with van der Waals surface area (Å²) in [7, 11) is 2.34.